The minimum Gasteiger partial charge on any atom is -0.399 e. The lowest BCUT2D eigenvalue weighted by Crippen LogP contribution is -1.95. The Bertz CT molecular complexity index is 205. The second-order valence-electron chi connectivity index (χ2n) is 2.24. The van der Waals surface area contributed by atoms with Crippen LogP contribution in [-0.2, 0) is 0 Å². The second-order valence-corrected chi connectivity index (χ2v) is 2.24. The maximum Gasteiger partial charge on any atom is 0.0343 e. The predicted molar refractivity (Wildman–Crippen MR) is 44.3 cm³/mol. The van der Waals surface area contributed by atoms with Gasteiger partial charge >= 0.3 is 0 Å². The van der Waals surface area contributed by atoms with Gasteiger partial charge in [0.2, 0.25) is 0 Å². The maximum absolute atomic E-state index is 5.66. The van der Waals surface area contributed by atoms with E-state index in [-0.39, 0.29) is 0 Å². The molecule has 0 unspecified atom stereocenters. The molecule has 0 radical (unpaired) electrons. The van der Waals surface area contributed by atoms with E-state index in [0.717, 1.165) is 11.3 Å². The zero-order valence-electron chi connectivity index (χ0n) is 6.04. The molecule has 1 heteroatoms. The normalized spacial score (nSPS) is 23.7. The predicted octanol–water partition coefficient (Wildman–Crippen LogP) is 1.90. The van der Waals surface area contributed by atoms with Crippen LogP contribution < -0.4 is 5.73 Å². The van der Waals surface area contributed by atoms with E-state index < -0.39 is 0 Å². The zero-order valence-corrected chi connectivity index (χ0v) is 6.04. The van der Waals surface area contributed by atoms with Crippen LogP contribution in [0.15, 0.2) is 47.7 Å². The number of nitrogens with two attached hydrogens (primary N) is 1. The van der Waals surface area contributed by atoms with Crippen LogP contribution in [0.5, 0.6) is 0 Å². The Morgan fingerprint density at radius 3 is 2.30 bits per heavy atom. The van der Waals surface area contributed by atoms with Gasteiger partial charge in [-0.15, -0.1) is 0 Å². The van der Waals surface area contributed by atoms with Crippen molar-refractivity contribution in [2.75, 3.05) is 0 Å². The van der Waals surface area contributed by atoms with Crippen LogP contribution in [0.25, 0.3) is 0 Å². The summed E-state index contributed by atoms with van der Waals surface area (Å²) >= 11 is 0. The van der Waals surface area contributed by atoms with Crippen molar-refractivity contribution in [1.82, 2.24) is 0 Å². The van der Waals surface area contributed by atoms with Crippen LogP contribution >= 0.6 is 0 Å². The van der Waals surface area contributed by atoms with Crippen molar-refractivity contribution in [2.45, 2.75) is 6.92 Å². The zero-order chi connectivity index (χ0) is 7.40. The molecule has 1 aliphatic rings. The summed E-state index contributed by atoms with van der Waals surface area (Å²) in [5.74, 6) is 0. The summed E-state index contributed by atoms with van der Waals surface area (Å²) in [6.07, 6.45) is 11.7. The van der Waals surface area contributed by atoms with Gasteiger partial charge in [0.15, 0.2) is 0 Å². The molecule has 0 saturated carbocycles. The van der Waals surface area contributed by atoms with Crippen LogP contribution in [0, 0.1) is 0 Å². The highest BCUT2D eigenvalue weighted by atomic mass is 14.6. The molecule has 0 saturated heterocycles. The van der Waals surface area contributed by atoms with Gasteiger partial charge in [-0.3, -0.25) is 0 Å². The fourth-order valence-electron chi connectivity index (χ4n) is 0.715. The largest absolute Gasteiger partial charge is 0.399 e. The molecule has 0 fully saturated rings. The summed E-state index contributed by atoms with van der Waals surface area (Å²) in [7, 11) is 0. The third-order valence-electron chi connectivity index (χ3n) is 1.41. The first-order chi connectivity index (χ1) is 4.80. The molecule has 10 heavy (non-hydrogen) atoms. The van der Waals surface area contributed by atoms with Crippen LogP contribution in [0.1, 0.15) is 6.92 Å². The van der Waals surface area contributed by atoms with Crippen LogP contribution in [-0.4, -0.2) is 0 Å². The molecule has 0 atom stereocenters. The van der Waals surface area contributed by atoms with E-state index in [1.54, 1.807) is 0 Å². The number of hydrogen-bond donors (Lipinski definition) is 1. The van der Waals surface area contributed by atoms with E-state index in [1.165, 1.54) is 0 Å². The molecule has 0 aromatic rings. The average Bonchev–Trinajstić information content (AvgIpc) is 1.92. The summed E-state index contributed by atoms with van der Waals surface area (Å²) in [4.78, 5) is 0. The third kappa shape index (κ3) is 1.62. The Hall–Kier alpha value is -1.24. The molecule has 0 spiro atoms. The lowest BCUT2D eigenvalue weighted by Gasteiger charge is -1.97. The molecule has 1 aliphatic carbocycles. The molecule has 2 N–H and O–H groups in total. The summed E-state index contributed by atoms with van der Waals surface area (Å²) in [6, 6.07) is 0. The standard InChI is InChI=1S/C9H11N/c1-8-6-4-2-3-5-7-9(8)10/h2-7H,10H2,1H3/b3-2-,4-2?,5-3?,6-4?,7-5-,8-6?,9-7?,9-8?. The highest BCUT2D eigenvalue weighted by Crippen LogP contribution is 2.03. The number of rotatable bonds is 0. The third-order valence-corrected chi connectivity index (χ3v) is 1.41. The molecule has 0 aromatic carbocycles. The van der Waals surface area contributed by atoms with E-state index >= 15 is 0 Å². The highest BCUT2D eigenvalue weighted by molar-refractivity contribution is 5.34. The fraction of sp³-hybridized carbons (Fsp3) is 0.111. The summed E-state index contributed by atoms with van der Waals surface area (Å²) in [5, 5.41) is 0. The van der Waals surface area contributed by atoms with E-state index in [9.17, 15) is 0 Å². The molecule has 1 rings (SSSR count). The van der Waals surface area contributed by atoms with Gasteiger partial charge in [0.25, 0.3) is 0 Å². The number of hydrogen-bond acceptors (Lipinski definition) is 1. The van der Waals surface area contributed by atoms with Crippen molar-refractivity contribution in [3.63, 3.8) is 0 Å². The van der Waals surface area contributed by atoms with Crippen molar-refractivity contribution in [1.29, 1.82) is 0 Å². The highest BCUT2D eigenvalue weighted by Gasteiger charge is 1.88. The van der Waals surface area contributed by atoms with Crippen molar-refractivity contribution in [3.8, 4) is 0 Å². The molecule has 0 heterocycles. The molecule has 52 valence electrons. The summed E-state index contributed by atoms with van der Waals surface area (Å²) < 4.78 is 0. The lowest BCUT2D eigenvalue weighted by molar-refractivity contribution is 1.32. The minimum absolute atomic E-state index is 0.834. The van der Waals surface area contributed by atoms with Crippen molar-refractivity contribution >= 4 is 0 Å². The van der Waals surface area contributed by atoms with Gasteiger partial charge in [-0.2, -0.15) is 0 Å². The Balaban J connectivity index is 2.93. The van der Waals surface area contributed by atoms with Gasteiger partial charge in [0.05, 0.1) is 0 Å². The Morgan fingerprint density at radius 2 is 1.60 bits per heavy atom. The van der Waals surface area contributed by atoms with Crippen LogP contribution in [0.3, 0.4) is 0 Å². The summed E-state index contributed by atoms with van der Waals surface area (Å²) in [6.45, 7) is 2.00. The Morgan fingerprint density at radius 1 is 1.00 bits per heavy atom. The average molecular weight is 133 g/mol. The van der Waals surface area contributed by atoms with E-state index in [2.05, 4.69) is 0 Å². The second kappa shape index (κ2) is 3.06. The van der Waals surface area contributed by atoms with Crippen molar-refractivity contribution < 1.29 is 0 Å². The van der Waals surface area contributed by atoms with Crippen molar-refractivity contribution in [3.05, 3.63) is 47.7 Å². The molecule has 0 amide bonds. The van der Waals surface area contributed by atoms with Gasteiger partial charge < -0.3 is 5.73 Å². The van der Waals surface area contributed by atoms with Crippen molar-refractivity contribution in [2.24, 2.45) is 5.73 Å². The monoisotopic (exact) mass is 133 g/mol. The smallest absolute Gasteiger partial charge is 0.0343 e. The van der Waals surface area contributed by atoms with Gasteiger partial charge in [-0.05, 0) is 18.6 Å². The SMILES string of the molecule is CC1=C(N)/C=C\C=C/C=C1. The van der Waals surface area contributed by atoms with E-state index in [4.69, 9.17) is 5.73 Å². The Labute approximate surface area is 61.2 Å². The first kappa shape index (κ1) is 6.87. The van der Waals surface area contributed by atoms with Gasteiger partial charge in [-0.1, -0.05) is 30.4 Å². The van der Waals surface area contributed by atoms with Gasteiger partial charge in [0, 0.05) is 5.70 Å². The quantitative estimate of drug-likeness (QED) is 0.536. The van der Waals surface area contributed by atoms with Crippen LogP contribution in [0.4, 0.5) is 0 Å². The van der Waals surface area contributed by atoms with E-state index in [0.29, 0.717) is 0 Å². The molecule has 0 bridgehead atoms. The molecular formula is C9H11N. The topological polar surface area (TPSA) is 26.0 Å². The van der Waals surface area contributed by atoms with Crippen LogP contribution in [0.2, 0.25) is 0 Å². The fourth-order valence-corrected chi connectivity index (χ4v) is 0.715. The molecular weight excluding hydrogens is 122 g/mol. The molecule has 1 nitrogen and oxygen atoms in total. The lowest BCUT2D eigenvalue weighted by atomic mass is 10.2. The molecule has 0 aromatic heterocycles. The van der Waals surface area contributed by atoms with Gasteiger partial charge in [-0.25, -0.2) is 0 Å². The molecule has 0 aliphatic heterocycles. The maximum atomic E-state index is 5.66. The Kier molecular flexibility index (Phi) is 2.11. The van der Waals surface area contributed by atoms with Gasteiger partial charge in [0.1, 0.15) is 0 Å². The minimum atomic E-state index is 0.834. The first-order valence-corrected chi connectivity index (χ1v) is 3.28. The number of allylic oxidation sites excluding steroid dienone is 7. The van der Waals surface area contributed by atoms with E-state index in [1.807, 2.05) is 43.4 Å². The summed E-state index contributed by atoms with van der Waals surface area (Å²) in [5.41, 5.74) is 7.60. The first-order valence-electron chi connectivity index (χ1n) is 3.28.